The summed E-state index contributed by atoms with van der Waals surface area (Å²) in [5.74, 6) is -0.769. The van der Waals surface area contributed by atoms with E-state index in [2.05, 4.69) is 35.5 Å². The van der Waals surface area contributed by atoms with Crippen molar-refractivity contribution in [2.75, 3.05) is 13.2 Å². The third-order valence-electron chi connectivity index (χ3n) is 11.5. The van der Waals surface area contributed by atoms with E-state index in [0.29, 0.717) is 12.8 Å². The minimum atomic E-state index is -5.12. The van der Waals surface area contributed by atoms with E-state index >= 15 is 0 Å². The van der Waals surface area contributed by atoms with E-state index in [4.69, 9.17) is 9.47 Å². The van der Waals surface area contributed by atoms with Gasteiger partial charge in [-0.25, -0.2) is 4.18 Å². The maximum Gasteiger partial charge on any atom is 0.397 e. The molecule has 0 radical (unpaired) electrons. The molecule has 1 saturated heterocycles. The maximum atomic E-state index is 13.1. The van der Waals surface area contributed by atoms with Gasteiger partial charge in [0.1, 0.15) is 30.5 Å². The summed E-state index contributed by atoms with van der Waals surface area (Å²) in [6.07, 6.45) is 34.0. The van der Waals surface area contributed by atoms with Crippen molar-refractivity contribution in [1.29, 1.82) is 0 Å². The maximum absolute atomic E-state index is 13.1. The fraction of sp³-hybridized carbons (Fsp3) is 0.854. The molecular weight excluding hydrogens is 815 g/mol. The molecule has 1 fully saturated rings. The zero-order valence-corrected chi connectivity index (χ0v) is 39.4. The average molecular weight is 904 g/mol. The lowest BCUT2D eigenvalue weighted by Gasteiger charge is -2.41. The largest absolute Gasteiger partial charge is 0.397 e. The highest BCUT2D eigenvalue weighted by Crippen LogP contribution is 2.26. The lowest BCUT2D eigenvalue weighted by Crippen LogP contribution is -2.61. The van der Waals surface area contributed by atoms with Crippen LogP contribution in [-0.2, 0) is 28.9 Å². The highest BCUT2D eigenvalue weighted by atomic mass is 32.3. The van der Waals surface area contributed by atoms with Crippen molar-refractivity contribution in [1.82, 2.24) is 5.32 Å². The van der Waals surface area contributed by atoms with Crippen molar-refractivity contribution in [2.24, 2.45) is 0 Å². The summed E-state index contributed by atoms with van der Waals surface area (Å²) in [6.45, 7) is 3.17. The molecule has 14 heteroatoms. The Morgan fingerprint density at radius 2 is 1.11 bits per heavy atom. The van der Waals surface area contributed by atoms with E-state index in [9.17, 15) is 43.3 Å². The summed E-state index contributed by atoms with van der Waals surface area (Å²) in [5.41, 5.74) is 0. The minimum Gasteiger partial charge on any atom is -0.394 e. The number of allylic oxidation sites excluding steroid dienone is 4. The molecule has 1 aliphatic rings. The van der Waals surface area contributed by atoms with Gasteiger partial charge in [-0.1, -0.05) is 198 Å². The second-order valence-electron chi connectivity index (χ2n) is 17.2. The summed E-state index contributed by atoms with van der Waals surface area (Å²) in [5, 5.41) is 55.1. The Bertz CT molecular complexity index is 1260. The smallest absolute Gasteiger partial charge is 0.394 e. The first-order valence-electron chi connectivity index (χ1n) is 24.5. The summed E-state index contributed by atoms with van der Waals surface area (Å²) in [7, 11) is -5.12. The van der Waals surface area contributed by atoms with Crippen molar-refractivity contribution < 1.29 is 57.0 Å². The predicted molar refractivity (Wildman–Crippen MR) is 247 cm³/mol. The molecular formula is C48H89NO12S. The Kier molecular flexibility index (Phi) is 36.2. The molecule has 62 heavy (non-hydrogen) atoms. The number of unbranched alkanes of at least 4 members (excludes halogenated alkanes) is 25. The first-order chi connectivity index (χ1) is 29.9. The number of amides is 1. The van der Waals surface area contributed by atoms with Gasteiger partial charge < -0.3 is 40.3 Å². The lowest BCUT2D eigenvalue weighted by atomic mass is 9.99. The summed E-state index contributed by atoms with van der Waals surface area (Å²) < 4.78 is 47.5. The molecule has 1 heterocycles. The molecule has 7 N–H and O–H groups in total. The standard InChI is InChI=1S/C48H89NO12S/c1-3-5-7-9-11-13-15-17-18-19-20-21-22-23-24-25-27-28-30-32-34-36-41(51)40(39-59-48-45(54)46(61-62(56,57)58)44(53)43(38-50)60-48)49-47(55)42(52)37-35-33-31-29-26-16-14-12-10-8-6-4-2/h26,29,33-36,40-46,48,50-54H,3-25,27-28,30-32,37-39H2,1-2H3,(H,49,55)(H,56,57,58)/b29-26-,35-33-,36-34+. The molecule has 0 spiro atoms. The van der Waals surface area contributed by atoms with Crippen LogP contribution in [0.1, 0.15) is 200 Å². The monoisotopic (exact) mass is 904 g/mol. The summed E-state index contributed by atoms with van der Waals surface area (Å²) in [6, 6.07) is -1.15. The SMILES string of the molecule is CCCCCCCC/C=C\C/C=C\CC(O)C(=O)NC(COC1OC(CO)C(O)C(OS(=O)(=O)O)C1O)C(O)/C=C/CCCCCCCCCCCCCCCCCCCCC. The lowest BCUT2D eigenvalue weighted by molar-refractivity contribution is -0.298. The van der Waals surface area contributed by atoms with Crippen LogP contribution in [0.4, 0.5) is 0 Å². The van der Waals surface area contributed by atoms with Crippen molar-refractivity contribution in [3.05, 3.63) is 36.5 Å². The van der Waals surface area contributed by atoms with Gasteiger partial charge >= 0.3 is 10.4 Å². The zero-order valence-electron chi connectivity index (χ0n) is 38.5. The zero-order chi connectivity index (χ0) is 45.7. The van der Waals surface area contributed by atoms with Gasteiger partial charge in [-0.15, -0.1) is 0 Å². The van der Waals surface area contributed by atoms with E-state index in [1.54, 1.807) is 6.08 Å². The van der Waals surface area contributed by atoms with Gasteiger partial charge in [-0.2, -0.15) is 8.42 Å². The van der Waals surface area contributed by atoms with Crippen LogP contribution in [0.2, 0.25) is 0 Å². The van der Waals surface area contributed by atoms with Gasteiger partial charge in [-0.3, -0.25) is 9.35 Å². The van der Waals surface area contributed by atoms with Gasteiger partial charge in [0, 0.05) is 6.42 Å². The number of carbonyl (C=O) groups excluding carboxylic acids is 1. The Hall–Kier alpha value is -1.72. The molecule has 1 amide bonds. The molecule has 1 rings (SSSR count). The second-order valence-corrected chi connectivity index (χ2v) is 18.2. The number of hydrogen-bond acceptors (Lipinski definition) is 11. The van der Waals surface area contributed by atoms with Gasteiger partial charge in [0.2, 0.25) is 5.91 Å². The van der Waals surface area contributed by atoms with E-state index in [1.807, 2.05) is 12.2 Å². The molecule has 0 aromatic carbocycles. The number of aliphatic hydroxyl groups is 5. The van der Waals surface area contributed by atoms with Crippen molar-refractivity contribution in [2.45, 2.75) is 249 Å². The van der Waals surface area contributed by atoms with E-state index in [0.717, 1.165) is 32.1 Å². The van der Waals surface area contributed by atoms with Crippen LogP contribution in [-0.4, -0.2) is 107 Å². The first-order valence-corrected chi connectivity index (χ1v) is 25.8. The van der Waals surface area contributed by atoms with Crippen molar-refractivity contribution in [3.63, 3.8) is 0 Å². The first kappa shape index (κ1) is 58.3. The molecule has 0 saturated carbocycles. The molecule has 13 nitrogen and oxygen atoms in total. The van der Waals surface area contributed by atoms with Crippen LogP contribution in [0.15, 0.2) is 36.5 Å². The van der Waals surface area contributed by atoms with E-state index in [-0.39, 0.29) is 6.42 Å². The fourth-order valence-corrected chi connectivity index (χ4v) is 8.13. The van der Waals surface area contributed by atoms with Crippen LogP contribution in [0.3, 0.4) is 0 Å². The second kappa shape index (κ2) is 38.5. The molecule has 0 aromatic rings. The molecule has 8 atom stereocenters. The Morgan fingerprint density at radius 3 is 1.58 bits per heavy atom. The number of aliphatic hydroxyl groups excluding tert-OH is 5. The molecule has 0 bridgehead atoms. The number of hydrogen-bond donors (Lipinski definition) is 7. The fourth-order valence-electron chi connectivity index (χ4n) is 7.62. The summed E-state index contributed by atoms with van der Waals surface area (Å²) in [4.78, 5) is 13.1. The van der Waals surface area contributed by atoms with Crippen LogP contribution >= 0.6 is 0 Å². The van der Waals surface area contributed by atoms with Gasteiger partial charge in [0.15, 0.2) is 6.29 Å². The predicted octanol–water partition coefficient (Wildman–Crippen LogP) is 8.86. The summed E-state index contributed by atoms with van der Waals surface area (Å²) >= 11 is 0. The Morgan fingerprint density at radius 1 is 0.661 bits per heavy atom. The minimum absolute atomic E-state index is 0.0329. The highest BCUT2D eigenvalue weighted by Gasteiger charge is 2.48. The third-order valence-corrected chi connectivity index (χ3v) is 12.0. The third kappa shape index (κ3) is 30.4. The number of carbonyl (C=O) groups is 1. The Labute approximate surface area is 376 Å². The van der Waals surface area contributed by atoms with Crippen LogP contribution in [0.5, 0.6) is 0 Å². The van der Waals surface area contributed by atoms with Gasteiger partial charge in [-0.05, 0) is 32.1 Å². The number of ether oxygens (including phenoxy) is 2. The molecule has 1 aliphatic heterocycles. The molecule has 0 aromatic heterocycles. The van der Waals surface area contributed by atoms with E-state index in [1.165, 1.54) is 141 Å². The normalized spacial score (nSPS) is 21.3. The molecule has 8 unspecified atom stereocenters. The van der Waals surface area contributed by atoms with Gasteiger partial charge in [0.25, 0.3) is 0 Å². The van der Waals surface area contributed by atoms with Crippen LogP contribution in [0.25, 0.3) is 0 Å². The quantitative estimate of drug-likeness (QED) is 0.0174. The van der Waals surface area contributed by atoms with Crippen molar-refractivity contribution in [3.8, 4) is 0 Å². The number of nitrogens with one attached hydrogen (secondary N) is 1. The highest BCUT2D eigenvalue weighted by molar-refractivity contribution is 7.80. The molecule has 0 aliphatic carbocycles. The van der Waals surface area contributed by atoms with E-state index < -0.39 is 78.5 Å². The van der Waals surface area contributed by atoms with Crippen LogP contribution in [0, 0.1) is 0 Å². The number of rotatable bonds is 41. The van der Waals surface area contributed by atoms with Crippen LogP contribution < -0.4 is 5.32 Å². The molecule has 364 valence electrons. The topological polar surface area (TPSA) is 212 Å². The average Bonchev–Trinajstić information content (AvgIpc) is 3.24. The Balaban J connectivity index is 2.56. The van der Waals surface area contributed by atoms with Crippen molar-refractivity contribution >= 4 is 16.3 Å². The van der Waals surface area contributed by atoms with Gasteiger partial charge in [0.05, 0.1) is 25.4 Å².